The van der Waals surface area contributed by atoms with E-state index in [4.69, 9.17) is 69.6 Å². The van der Waals surface area contributed by atoms with E-state index in [1.165, 1.54) is 21.6 Å². The smallest absolute Gasteiger partial charge is 0.233 e. The number of rotatable bonds is 3. The predicted molar refractivity (Wildman–Crippen MR) is 104 cm³/mol. The van der Waals surface area contributed by atoms with Crippen LogP contribution < -0.4 is 0 Å². The van der Waals surface area contributed by atoms with Gasteiger partial charge < -0.3 is 0 Å². The Balaban J connectivity index is 2.76. The largest absolute Gasteiger partial charge is 0.247 e. The molecule has 0 unspecified atom stereocenters. The molecule has 0 aliphatic carbocycles. The van der Waals surface area contributed by atoms with Crippen molar-refractivity contribution in [3.8, 4) is 0 Å². The maximum absolute atomic E-state index is 5.69. The van der Waals surface area contributed by atoms with E-state index in [1.807, 2.05) is 30.3 Å². The number of para-hydroxylation sites is 1. The van der Waals surface area contributed by atoms with Crippen LogP contribution in [0.2, 0.25) is 0 Å². The van der Waals surface area contributed by atoms with Crippen molar-refractivity contribution >= 4 is 123 Å². The first kappa shape index (κ1) is 20.1. The lowest BCUT2D eigenvalue weighted by molar-refractivity contribution is 1.55. The molecule has 0 radical (unpaired) electrons. The van der Waals surface area contributed by atoms with Gasteiger partial charge in [-0.05, 0) is 55.3 Å². The first-order valence-electron chi connectivity index (χ1n) is 4.64. The quantitative estimate of drug-likeness (QED) is 0.192. The summed E-state index contributed by atoms with van der Waals surface area (Å²) in [5, 5.41) is 0. The molecule has 1 nitrogen and oxygen atoms in total. The average Bonchev–Trinajstić information content (AvgIpc) is 2.32. The fourth-order valence-corrected chi connectivity index (χ4v) is 6.08. The van der Waals surface area contributed by atoms with Crippen molar-refractivity contribution in [3.05, 3.63) is 30.3 Å². The number of hydrogen-bond donors (Lipinski definition) is 0. The molecule has 0 saturated heterocycles. The summed E-state index contributed by atoms with van der Waals surface area (Å²) in [4.78, 5) is 4.41. The molecule has 1 rings (SSSR count). The SMILES string of the molecule is ClC(Cl)(Cl)SSC(=Nc1ccccc1)SSC(Cl)(Cl)Cl. The fourth-order valence-electron chi connectivity index (χ4n) is 0.825. The number of benzene rings is 1. The van der Waals surface area contributed by atoms with Gasteiger partial charge in [-0.1, -0.05) is 87.8 Å². The van der Waals surface area contributed by atoms with Crippen LogP contribution in [0.15, 0.2) is 35.3 Å². The number of halogens is 6. The molecule has 20 heavy (non-hydrogen) atoms. The Morgan fingerprint density at radius 1 is 0.800 bits per heavy atom. The number of nitrogens with zero attached hydrogens (tertiary/aromatic N) is 1. The van der Waals surface area contributed by atoms with E-state index in [2.05, 4.69) is 4.99 Å². The zero-order valence-corrected chi connectivity index (χ0v) is 17.0. The van der Waals surface area contributed by atoms with Crippen LogP contribution >= 0.6 is 113 Å². The molecule has 11 heteroatoms. The van der Waals surface area contributed by atoms with Gasteiger partial charge in [-0.15, -0.1) is 0 Å². The molecule has 0 bridgehead atoms. The van der Waals surface area contributed by atoms with Gasteiger partial charge in [-0.25, -0.2) is 4.99 Å². The van der Waals surface area contributed by atoms with Crippen molar-refractivity contribution in [3.63, 3.8) is 0 Å². The summed E-state index contributed by atoms with van der Waals surface area (Å²) in [5.74, 6) is 0. The van der Waals surface area contributed by atoms with Gasteiger partial charge in [0.15, 0.2) is 4.38 Å². The van der Waals surface area contributed by atoms with E-state index in [0.29, 0.717) is 4.38 Å². The van der Waals surface area contributed by atoms with Gasteiger partial charge in [0.1, 0.15) is 0 Å². The minimum Gasteiger partial charge on any atom is -0.233 e. The maximum Gasteiger partial charge on any atom is 0.247 e. The highest BCUT2D eigenvalue weighted by molar-refractivity contribution is 8.96. The van der Waals surface area contributed by atoms with Crippen LogP contribution in [0.4, 0.5) is 5.69 Å². The molecule has 1 aromatic rings. The number of hydrogen-bond acceptors (Lipinski definition) is 5. The van der Waals surface area contributed by atoms with E-state index in [1.54, 1.807) is 0 Å². The van der Waals surface area contributed by atoms with Crippen molar-refractivity contribution in [1.29, 1.82) is 0 Å². The summed E-state index contributed by atoms with van der Waals surface area (Å²) in [6.45, 7) is 0. The van der Waals surface area contributed by atoms with Crippen molar-refractivity contribution < 1.29 is 0 Å². The fraction of sp³-hybridized carbons (Fsp3) is 0.222. The van der Waals surface area contributed by atoms with E-state index in [0.717, 1.165) is 27.3 Å². The summed E-state index contributed by atoms with van der Waals surface area (Å²) >= 11 is 34.2. The Labute approximate surface area is 163 Å². The van der Waals surface area contributed by atoms with Crippen molar-refractivity contribution in [2.75, 3.05) is 0 Å². The van der Waals surface area contributed by atoms with E-state index >= 15 is 0 Å². The summed E-state index contributed by atoms with van der Waals surface area (Å²) in [7, 11) is 4.46. The van der Waals surface area contributed by atoms with Gasteiger partial charge in [0, 0.05) is 0 Å². The minimum atomic E-state index is -1.45. The van der Waals surface area contributed by atoms with Crippen LogP contribution in [0.3, 0.4) is 0 Å². The summed E-state index contributed by atoms with van der Waals surface area (Å²) < 4.78 is -2.30. The topological polar surface area (TPSA) is 12.4 Å². The average molecular weight is 468 g/mol. The highest BCUT2D eigenvalue weighted by atomic mass is 35.6. The standard InChI is InChI=1S/C9H5Cl6NS4/c10-8(11,12)19-17-7(18-20-9(13,14)15)16-6-4-2-1-3-5-6/h1-5H. The zero-order valence-electron chi connectivity index (χ0n) is 9.23. The molecule has 0 aliphatic heterocycles. The molecule has 0 aromatic heterocycles. The normalized spacial score (nSPS) is 12.3. The monoisotopic (exact) mass is 465 g/mol. The molecule has 0 aliphatic rings. The highest BCUT2D eigenvalue weighted by Gasteiger charge is 2.26. The Hall–Kier alpha value is 2.03. The molecular weight excluding hydrogens is 463 g/mol. The molecule has 0 heterocycles. The zero-order chi connectivity index (χ0) is 15.2. The minimum absolute atomic E-state index is 0.601. The maximum atomic E-state index is 5.69. The van der Waals surface area contributed by atoms with Gasteiger partial charge in [0.05, 0.1) is 5.69 Å². The molecule has 0 fully saturated rings. The number of alkyl halides is 6. The molecule has 1 aromatic carbocycles. The van der Waals surface area contributed by atoms with Gasteiger partial charge in [0.2, 0.25) is 6.25 Å². The van der Waals surface area contributed by atoms with Crippen LogP contribution in [-0.2, 0) is 0 Å². The van der Waals surface area contributed by atoms with Crippen molar-refractivity contribution in [2.45, 2.75) is 6.25 Å². The molecule has 0 amide bonds. The second kappa shape index (κ2) is 9.36. The lowest BCUT2D eigenvalue weighted by Gasteiger charge is -2.12. The third-order valence-corrected chi connectivity index (χ3v) is 9.52. The van der Waals surface area contributed by atoms with E-state index < -0.39 is 6.25 Å². The van der Waals surface area contributed by atoms with Gasteiger partial charge >= 0.3 is 0 Å². The summed E-state index contributed by atoms with van der Waals surface area (Å²) in [6, 6.07) is 9.33. The molecule has 0 atom stereocenters. The number of aliphatic imine (C=N–C) groups is 1. The van der Waals surface area contributed by atoms with Crippen molar-refractivity contribution in [1.82, 2.24) is 0 Å². The van der Waals surface area contributed by atoms with Gasteiger partial charge in [-0.3, -0.25) is 0 Å². The van der Waals surface area contributed by atoms with Gasteiger partial charge in [-0.2, -0.15) is 0 Å². The third kappa shape index (κ3) is 10.7. The first-order valence-corrected chi connectivity index (χ1v) is 11.2. The van der Waals surface area contributed by atoms with Crippen LogP contribution in [0.1, 0.15) is 0 Å². The Morgan fingerprint density at radius 3 is 1.65 bits per heavy atom. The molecular formula is C9H5Cl6NS4. The molecule has 0 spiro atoms. The molecule has 0 saturated carbocycles. The van der Waals surface area contributed by atoms with Gasteiger partial charge in [0.25, 0.3) is 0 Å². The summed E-state index contributed by atoms with van der Waals surface area (Å²) in [6.07, 6.45) is 0. The lowest BCUT2D eigenvalue weighted by atomic mass is 10.3. The Morgan fingerprint density at radius 2 is 1.25 bits per heavy atom. The van der Waals surface area contributed by atoms with Crippen LogP contribution in [0.5, 0.6) is 0 Å². The van der Waals surface area contributed by atoms with E-state index in [-0.39, 0.29) is 0 Å². The van der Waals surface area contributed by atoms with Crippen LogP contribution in [0, 0.1) is 0 Å². The Bertz CT molecular complexity index is 424. The Kier molecular flexibility index (Phi) is 9.39. The van der Waals surface area contributed by atoms with E-state index in [9.17, 15) is 0 Å². The highest BCUT2D eigenvalue weighted by Crippen LogP contribution is 2.53. The molecule has 112 valence electrons. The lowest BCUT2D eigenvalue weighted by Crippen LogP contribution is -1.94. The second-order valence-corrected chi connectivity index (χ2v) is 13.8. The van der Waals surface area contributed by atoms with Crippen LogP contribution in [-0.4, -0.2) is 10.6 Å². The van der Waals surface area contributed by atoms with Crippen LogP contribution in [0.25, 0.3) is 0 Å². The first-order chi connectivity index (χ1) is 9.16. The predicted octanol–water partition coefficient (Wildman–Crippen LogP) is 8.09. The third-order valence-electron chi connectivity index (χ3n) is 1.39. The van der Waals surface area contributed by atoms with Crippen molar-refractivity contribution in [2.24, 2.45) is 4.99 Å². The molecule has 0 N–H and O–H groups in total. The second-order valence-electron chi connectivity index (χ2n) is 2.94. The summed E-state index contributed by atoms with van der Waals surface area (Å²) in [5.41, 5.74) is 0.761.